The minimum Gasteiger partial charge on any atom is -0.464 e. The van der Waals surface area contributed by atoms with Gasteiger partial charge in [0.2, 0.25) is 0 Å². The van der Waals surface area contributed by atoms with Crippen LogP contribution in [0.2, 0.25) is 0 Å². The van der Waals surface area contributed by atoms with Crippen LogP contribution in [0.1, 0.15) is 24.5 Å². The van der Waals surface area contributed by atoms with E-state index in [-0.39, 0.29) is 0 Å². The third-order valence-electron chi connectivity index (χ3n) is 2.84. The maximum Gasteiger partial charge on any atom is 0.134 e. The van der Waals surface area contributed by atoms with E-state index in [9.17, 15) is 0 Å². The van der Waals surface area contributed by atoms with Crippen molar-refractivity contribution in [1.82, 2.24) is 5.32 Å². The molecule has 2 heteroatoms. The highest BCUT2D eigenvalue weighted by molar-refractivity contribution is 5.62. The summed E-state index contributed by atoms with van der Waals surface area (Å²) >= 11 is 0. The molecule has 1 aromatic carbocycles. The molecular formula is C15H19NO. The molecule has 1 aromatic heterocycles. The molecule has 17 heavy (non-hydrogen) atoms. The van der Waals surface area contributed by atoms with Crippen LogP contribution in [-0.4, -0.2) is 6.54 Å². The van der Waals surface area contributed by atoms with Crippen molar-refractivity contribution in [3.8, 4) is 11.3 Å². The normalized spacial score (nSPS) is 10.7. The lowest BCUT2D eigenvalue weighted by Gasteiger charge is -2.07. The Morgan fingerprint density at radius 1 is 1.24 bits per heavy atom. The minimum atomic E-state index is 0.918. The van der Waals surface area contributed by atoms with E-state index < -0.39 is 0 Å². The van der Waals surface area contributed by atoms with Crippen LogP contribution in [0, 0.1) is 6.92 Å². The molecule has 2 aromatic rings. The first kappa shape index (κ1) is 11.9. The van der Waals surface area contributed by atoms with Gasteiger partial charge in [0.15, 0.2) is 0 Å². The molecule has 0 aliphatic rings. The van der Waals surface area contributed by atoms with E-state index in [0.717, 1.165) is 25.3 Å². The summed E-state index contributed by atoms with van der Waals surface area (Å²) in [6.45, 7) is 6.27. The van der Waals surface area contributed by atoms with E-state index in [2.05, 4.69) is 37.4 Å². The zero-order chi connectivity index (χ0) is 12.1. The molecule has 0 saturated heterocycles. The molecule has 0 bridgehead atoms. The van der Waals surface area contributed by atoms with Gasteiger partial charge in [0.05, 0.1) is 6.26 Å². The fraction of sp³-hybridized carbons (Fsp3) is 0.333. The molecule has 2 rings (SSSR count). The monoisotopic (exact) mass is 229 g/mol. The van der Waals surface area contributed by atoms with Gasteiger partial charge in [0.1, 0.15) is 5.76 Å². The van der Waals surface area contributed by atoms with Gasteiger partial charge in [-0.15, -0.1) is 0 Å². The first-order valence-corrected chi connectivity index (χ1v) is 6.15. The molecule has 0 aliphatic heterocycles. The lowest BCUT2D eigenvalue weighted by molar-refractivity contribution is 0.581. The van der Waals surface area contributed by atoms with Crippen molar-refractivity contribution in [1.29, 1.82) is 0 Å². The highest BCUT2D eigenvalue weighted by Gasteiger charge is 2.05. The van der Waals surface area contributed by atoms with Crippen LogP contribution < -0.4 is 5.32 Å². The smallest absolute Gasteiger partial charge is 0.134 e. The highest BCUT2D eigenvalue weighted by atomic mass is 16.3. The predicted octanol–water partition coefficient (Wildman–Crippen LogP) is 3.75. The predicted molar refractivity (Wildman–Crippen MR) is 70.9 cm³/mol. The molecule has 0 radical (unpaired) electrons. The molecule has 0 unspecified atom stereocenters. The Hall–Kier alpha value is -1.54. The van der Waals surface area contributed by atoms with Gasteiger partial charge in [-0.3, -0.25) is 0 Å². The Balaban J connectivity index is 2.18. The van der Waals surface area contributed by atoms with Gasteiger partial charge in [-0.05, 0) is 49.2 Å². The average molecular weight is 229 g/mol. The fourth-order valence-corrected chi connectivity index (χ4v) is 1.89. The number of nitrogens with one attached hydrogen (secondary N) is 1. The zero-order valence-corrected chi connectivity index (χ0v) is 10.5. The fourth-order valence-electron chi connectivity index (χ4n) is 1.89. The summed E-state index contributed by atoms with van der Waals surface area (Å²) in [7, 11) is 0. The summed E-state index contributed by atoms with van der Waals surface area (Å²) in [5.74, 6) is 0.944. The second-order valence-electron chi connectivity index (χ2n) is 4.30. The molecule has 0 aliphatic carbocycles. The summed E-state index contributed by atoms with van der Waals surface area (Å²) in [5.41, 5.74) is 3.74. The number of hydrogen-bond acceptors (Lipinski definition) is 2. The van der Waals surface area contributed by atoms with Crippen molar-refractivity contribution in [2.45, 2.75) is 26.8 Å². The second kappa shape index (κ2) is 5.69. The Bertz CT molecular complexity index is 460. The summed E-state index contributed by atoms with van der Waals surface area (Å²) in [6.07, 6.45) is 2.88. The number of aryl methyl sites for hydroxylation is 1. The SMILES string of the molecule is CCCNCc1ccc(C)c(-c2ccco2)c1. The highest BCUT2D eigenvalue weighted by Crippen LogP contribution is 2.24. The van der Waals surface area contributed by atoms with Crippen LogP contribution in [0.3, 0.4) is 0 Å². The van der Waals surface area contributed by atoms with E-state index >= 15 is 0 Å². The number of benzene rings is 1. The third-order valence-corrected chi connectivity index (χ3v) is 2.84. The van der Waals surface area contributed by atoms with E-state index in [1.165, 1.54) is 16.7 Å². The van der Waals surface area contributed by atoms with Crippen LogP contribution in [0.4, 0.5) is 0 Å². The van der Waals surface area contributed by atoms with Crippen molar-refractivity contribution in [2.75, 3.05) is 6.54 Å². The zero-order valence-electron chi connectivity index (χ0n) is 10.5. The van der Waals surface area contributed by atoms with Crippen molar-refractivity contribution in [3.05, 3.63) is 47.7 Å². The molecule has 2 nitrogen and oxygen atoms in total. The molecule has 0 atom stereocenters. The molecular weight excluding hydrogens is 210 g/mol. The van der Waals surface area contributed by atoms with Crippen LogP contribution in [0.25, 0.3) is 11.3 Å². The molecule has 90 valence electrons. The Kier molecular flexibility index (Phi) is 3.99. The number of furan rings is 1. The summed E-state index contributed by atoms with van der Waals surface area (Å²) in [4.78, 5) is 0. The van der Waals surface area contributed by atoms with Gasteiger partial charge >= 0.3 is 0 Å². The Labute approximate surface area is 103 Å². The molecule has 0 saturated carbocycles. The third kappa shape index (κ3) is 2.98. The lowest BCUT2D eigenvalue weighted by Crippen LogP contribution is -2.13. The Morgan fingerprint density at radius 2 is 2.12 bits per heavy atom. The van der Waals surface area contributed by atoms with Gasteiger partial charge in [0, 0.05) is 12.1 Å². The first-order chi connectivity index (χ1) is 8.31. The maximum atomic E-state index is 5.46. The average Bonchev–Trinajstić information content (AvgIpc) is 2.85. The van der Waals surface area contributed by atoms with Crippen molar-refractivity contribution in [3.63, 3.8) is 0 Å². The van der Waals surface area contributed by atoms with Gasteiger partial charge in [-0.25, -0.2) is 0 Å². The standard InChI is InChI=1S/C15H19NO/c1-3-8-16-11-13-7-6-12(2)14(10-13)15-5-4-9-17-15/h4-7,9-10,16H,3,8,11H2,1-2H3. The van der Waals surface area contributed by atoms with Crippen LogP contribution >= 0.6 is 0 Å². The van der Waals surface area contributed by atoms with E-state index in [1.54, 1.807) is 6.26 Å². The maximum absolute atomic E-state index is 5.46. The second-order valence-corrected chi connectivity index (χ2v) is 4.30. The van der Waals surface area contributed by atoms with Gasteiger partial charge in [-0.2, -0.15) is 0 Å². The molecule has 0 spiro atoms. The molecule has 1 N–H and O–H groups in total. The quantitative estimate of drug-likeness (QED) is 0.790. The number of hydrogen-bond donors (Lipinski definition) is 1. The van der Waals surface area contributed by atoms with E-state index in [4.69, 9.17) is 4.42 Å². The topological polar surface area (TPSA) is 25.2 Å². The summed E-state index contributed by atoms with van der Waals surface area (Å²) < 4.78 is 5.46. The largest absolute Gasteiger partial charge is 0.464 e. The van der Waals surface area contributed by atoms with Crippen LogP contribution in [0.5, 0.6) is 0 Å². The van der Waals surface area contributed by atoms with E-state index in [1.807, 2.05) is 12.1 Å². The van der Waals surface area contributed by atoms with Crippen molar-refractivity contribution in [2.24, 2.45) is 0 Å². The Morgan fingerprint density at radius 3 is 2.82 bits per heavy atom. The van der Waals surface area contributed by atoms with Crippen molar-refractivity contribution >= 4 is 0 Å². The molecule has 0 fully saturated rings. The van der Waals surface area contributed by atoms with Crippen LogP contribution in [0.15, 0.2) is 41.0 Å². The molecule has 0 amide bonds. The lowest BCUT2D eigenvalue weighted by atomic mass is 10.0. The minimum absolute atomic E-state index is 0.918. The van der Waals surface area contributed by atoms with Gasteiger partial charge < -0.3 is 9.73 Å². The van der Waals surface area contributed by atoms with Crippen molar-refractivity contribution < 1.29 is 4.42 Å². The van der Waals surface area contributed by atoms with Gasteiger partial charge in [-0.1, -0.05) is 19.1 Å². The first-order valence-electron chi connectivity index (χ1n) is 6.15. The van der Waals surface area contributed by atoms with Gasteiger partial charge in [0.25, 0.3) is 0 Å². The molecule has 1 heterocycles. The van der Waals surface area contributed by atoms with Crippen LogP contribution in [-0.2, 0) is 6.54 Å². The number of rotatable bonds is 5. The van der Waals surface area contributed by atoms with E-state index in [0.29, 0.717) is 0 Å². The summed E-state index contributed by atoms with van der Waals surface area (Å²) in [5, 5.41) is 3.41. The summed E-state index contributed by atoms with van der Waals surface area (Å²) in [6, 6.07) is 10.5.